The summed E-state index contributed by atoms with van der Waals surface area (Å²) in [7, 11) is 0. The van der Waals surface area contributed by atoms with Crippen LogP contribution >= 0.6 is 0 Å². The fourth-order valence-corrected chi connectivity index (χ4v) is 8.18. The Hall–Kier alpha value is -0.930. The Labute approximate surface area is 183 Å². The Morgan fingerprint density at radius 2 is 1.87 bits per heavy atom. The van der Waals surface area contributed by atoms with E-state index in [1.165, 1.54) is 6.42 Å². The molecule has 4 aliphatic rings. The van der Waals surface area contributed by atoms with Gasteiger partial charge >= 0.3 is 0 Å². The Kier molecular flexibility index (Phi) is 5.85. The third kappa shape index (κ3) is 3.26. The summed E-state index contributed by atoms with van der Waals surface area (Å²) < 4.78 is 0. The second-order valence-electron chi connectivity index (χ2n) is 11.8. The number of allylic oxidation sites excluding steroid dienone is 3. The highest BCUT2D eigenvalue weighted by Crippen LogP contribution is 2.68. The first-order chi connectivity index (χ1) is 14.2. The van der Waals surface area contributed by atoms with Crippen LogP contribution in [0.3, 0.4) is 0 Å². The third-order valence-corrected chi connectivity index (χ3v) is 10.0. The molecule has 3 heteroatoms. The largest absolute Gasteiger partial charge is 0.396 e. The summed E-state index contributed by atoms with van der Waals surface area (Å²) in [5.41, 5.74) is -0.825. The molecule has 0 aromatic rings. The molecule has 8 atom stereocenters. The Morgan fingerprint density at radius 1 is 1.13 bits per heavy atom. The van der Waals surface area contributed by atoms with Gasteiger partial charge in [0.1, 0.15) is 0 Å². The molecule has 30 heavy (non-hydrogen) atoms. The molecule has 4 aliphatic carbocycles. The maximum Gasteiger partial charge on any atom is 0.155 e. The van der Waals surface area contributed by atoms with E-state index in [1.54, 1.807) is 0 Å². The predicted molar refractivity (Wildman–Crippen MR) is 121 cm³/mol. The van der Waals surface area contributed by atoms with Crippen LogP contribution in [-0.2, 0) is 4.79 Å². The fourth-order valence-electron chi connectivity index (χ4n) is 8.18. The summed E-state index contributed by atoms with van der Waals surface area (Å²) in [5.74, 6) is 2.94. The standard InChI is InChI=1S/C27H42O3/c1-18(2)6-5-7-20(17-28)27(30)15-12-24-22-9-8-19-16-21(29)10-13-25(19,3)23(22)11-14-26(24,27)4/h5,7,10,13,18-20,22-24,28,30H,6,8-9,11-12,14-17H2,1-4H3/b7-5+/t19-,20-,22+,23-,24-,25-,26-,27-/m0/s1. The molecule has 168 valence electrons. The van der Waals surface area contributed by atoms with Crippen molar-refractivity contribution in [2.45, 2.75) is 84.7 Å². The molecule has 0 aliphatic heterocycles. The van der Waals surface area contributed by atoms with Crippen molar-refractivity contribution in [3.05, 3.63) is 24.3 Å². The number of aliphatic hydroxyl groups excluding tert-OH is 1. The average molecular weight is 415 g/mol. The highest BCUT2D eigenvalue weighted by atomic mass is 16.3. The van der Waals surface area contributed by atoms with Crippen LogP contribution in [0.1, 0.15) is 79.1 Å². The molecule has 3 nitrogen and oxygen atoms in total. The molecule has 0 aromatic carbocycles. The number of hydrogen-bond acceptors (Lipinski definition) is 3. The van der Waals surface area contributed by atoms with E-state index in [0.717, 1.165) is 44.9 Å². The zero-order valence-electron chi connectivity index (χ0n) is 19.4. The van der Waals surface area contributed by atoms with Crippen LogP contribution in [0.15, 0.2) is 24.3 Å². The van der Waals surface area contributed by atoms with Gasteiger partial charge in [-0.3, -0.25) is 4.79 Å². The summed E-state index contributed by atoms with van der Waals surface area (Å²) >= 11 is 0. The molecule has 0 radical (unpaired) electrons. The van der Waals surface area contributed by atoms with Gasteiger partial charge < -0.3 is 10.2 Å². The average Bonchev–Trinajstić information content (AvgIpc) is 2.97. The maximum absolute atomic E-state index is 12.0. The van der Waals surface area contributed by atoms with Crippen LogP contribution < -0.4 is 0 Å². The van der Waals surface area contributed by atoms with E-state index in [0.29, 0.717) is 35.4 Å². The van der Waals surface area contributed by atoms with E-state index in [1.807, 2.05) is 6.08 Å². The van der Waals surface area contributed by atoms with Gasteiger partial charge in [-0.05, 0) is 86.0 Å². The van der Waals surface area contributed by atoms with E-state index in [-0.39, 0.29) is 23.4 Å². The third-order valence-electron chi connectivity index (χ3n) is 10.0. The van der Waals surface area contributed by atoms with Crippen LogP contribution in [0, 0.1) is 46.3 Å². The number of carbonyl (C=O) groups is 1. The van der Waals surface area contributed by atoms with Crippen molar-refractivity contribution in [3.63, 3.8) is 0 Å². The normalized spacial score (nSPS) is 46.7. The SMILES string of the molecule is CC(C)C/C=C/[C@@H](CO)[C@@]1(O)CC[C@H]2[C@@H]3CC[C@H]4CC(=O)C=C[C@]4(C)[C@H]3CC[C@@]21C. The van der Waals surface area contributed by atoms with Crippen LogP contribution in [-0.4, -0.2) is 28.2 Å². The van der Waals surface area contributed by atoms with E-state index < -0.39 is 5.60 Å². The first kappa shape index (κ1) is 22.3. The van der Waals surface area contributed by atoms with E-state index in [4.69, 9.17) is 0 Å². The second kappa shape index (κ2) is 7.89. The molecule has 0 unspecified atom stereocenters. The number of fused-ring (bicyclic) bond motifs is 5. The van der Waals surface area contributed by atoms with Gasteiger partial charge in [0, 0.05) is 17.8 Å². The zero-order chi connectivity index (χ0) is 21.7. The molecule has 0 saturated heterocycles. The van der Waals surface area contributed by atoms with E-state index >= 15 is 0 Å². The molecular weight excluding hydrogens is 372 g/mol. The topological polar surface area (TPSA) is 57.5 Å². The van der Waals surface area contributed by atoms with Crippen LogP contribution in [0.25, 0.3) is 0 Å². The number of ketones is 1. The molecule has 3 fully saturated rings. The highest BCUT2D eigenvalue weighted by molar-refractivity contribution is 5.91. The number of rotatable bonds is 5. The second-order valence-corrected chi connectivity index (χ2v) is 11.8. The Morgan fingerprint density at radius 3 is 2.57 bits per heavy atom. The van der Waals surface area contributed by atoms with Crippen molar-refractivity contribution in [2.24, 2.45) is 46.3 Å². The van der Waals surface area contributed by atoms with Gasteiger partial charge in [-0.15, -0.1) is 0 Å². The summed E-state index contributed by atoms with van der Waals surface area (Å²) in [6.45, 7) is 9.13. The lowest BCUT2D eigenvalue weighted by Crippen LogP contribution is -2.58. The molecule has 4 rings (SSSR count). The first-order valence-corrected chi connectivity index (χ1v) is 12.4. The summed E-state index contributed by atoms with van der Waals surface area (Å²) in [6, 6.07) is 0. The molecule has 0 amide bonds. The predicted octanol–water partition coefficient (Wildman–Crippen LogP) is 5.32. The van der Waals surface area contributed by atoms with E-state index in [9.17, 15) is 15.0 Å². The van der Waals surface area contributed by atoms with Crippen LogP contribution in [0.2, 0.25) is 0 Å². The van der Waals surface area contributed by atoms with Gasteiger partial charge in [-0.25, -0.2) is 0 Å². The van der Waals surface area contributed by atoms with Crippen LogP contribution in [0.5, 0.6) is 0 Å². The zero-order valence-corrected chi connectivity index (χ0v) is 19.4. The molecule has 2 N–H and O–H groups in total. The smallest absolute Gasteiger partial charge is 0.155 e. The Balaban J connectivity index is 1.60. The summed E-state index contributed by atoms with van der Waals surface area (Å²) in [4.78, 5) is 12.0. The molecule has 0 heterocycles. The minimum Gasteiger partial charge on any atom is -0.396 e. The van der Waals surface area contributed by atoms with Crippen LogP contribution in [0.4, 0.5) is 0 Å². The Bertz CT molecular complexity index is 724. The lowest BCUT2D eigenvalue weighted by atomic mass is 9.45. The minimum atomic E-state index is -0.818. The molecule has 0 bridgehead atoms. The number of hydrogen-bond donors (Lipinski definition) is 2. The fraction of sp³-hybridized carbons (Fsp3) is 0.815. The number of aliphatic hydroxyl groups is 2. The van der Waals surface area contributed by atoms with Crippen molar-refractivity contribution in [2.75, 3.05) is 6.61 Å². The lowest BCUT2D eigenvalue weighted by molar-refractivity contribution is -0.159. The first-order valence-electron chi connectivity index (χ1n) is 12.4. The van der Waals surface area contributed by atoms with Gasteiger partial charge in [-0.1, -0.05) is 45.9 Å². The minimum absolute atomic E-state index is 0.0200. The summed E-state index contributed by atoms with van der Waals surface area (Å²) in [6.07, 6.45) is 16.4. The van der Waals surface area contributed by atoms with Crippen molar-refractivity contribution >= 4 is 5.78 Å². The van der Waals surface area contributed by atoms with Gasteiger partial charge in [0.2, 0.25) is 0 Å². The van der Waals surface area contributed by atoms with Crippen molar-refractivity contribution < 1.29 is 15.0 Å². The van der Waals surface area contributed by atoms with Gasteiger partial charge in [0.25, 0.3) is 0 Å². The maximum atomic E-state index is 12.0. The molecule has 0 aromatic heterocycles. The van der Waals surface area contributed by atoms with Crippen molar-refractivity contribution in [1.82, 2.24) is 0 Å². The monoisotopic (exact) mass is 414 g/mol. The quantitative estimate of drug-likeness (QED) is 0.599. The molecular formula is C27H42O3. The molecule has 3 saturated carbocycles. The van der Waals surface area contributed by atoms with Crippen molar-refractivity contribution in [3.8, 4) is 0 Å². The van der Waals surface area contributed by atoms with Gasteiger partial charge in [0.05, 0.1) is 12.2 Å². The van der Waals surface area contributed by atoms with E-state index in [2.05, 4.69) is 45.9 Å². The van der Waals surface area contributed by atoms with Crippen molar-refractivity contribution in [1.29, 1.82) is 0 Å². The highest BCUT2D eigenvalue weighted by Gasteiger charge is 2.65. The van der Waals surface area contributed by atoms with Gasteiger partial charge in [-0.2, -0.15) is 0 Å². The van der Waals surface area contributed by atoms with Gasteiger partial charge in [0.15, 0.2) is 5.78 Å². The number of carbonyl (C=O) groups excluding carboxylic acids is 1. The summed E-state index contributed by atoms with van der Waals surface area (Å²) in [5, 5.41) is 22.2. The molecule has 0 spiro atoms. The lowest BCUT2D eigenvalue weighted by Gasteiger charge is -2.60.